The van der Waals surface area contributed by atoms with Crippen LogP contribution in [0, 0.1) is 0 Å². The van der Waals surface area contributed by atoms with Crippen LogP contribution in [0.2, 0.25) is 0 Å². The Bertz CT molecular complexity index is 974. The van der Waals surface area contributed by atoms with E-state index in [4.69, 9.17) is 20.9 Å². The third-order valence-electron chi connectivity index (χ3n) is 3.91. The van der Waals surface area contributed by atoms with E-state index in [0.717, 1.165) is 11.1 Å². The second kappa shape index (κ2) is 8.71. The first-order chi connectivity index (χ1) is 13.2. The number of ether oxygens (including phenoxy) is 2. The molecule has 0 saturated heterocycles. The molecular weight excluding hydrogens is 340 g/mol. The maximum atomic E-state index is 6.04. The molecule has 0 heterocycles. The van der Waals surface area contributed by atoms with E-state index in [9.17, 15) is 0 Å². The lowest BCUT2D eigenvalue weighted by Crippen LogP contribution is -2.21. The Hall–Kier alpha value is -3.54. The van der Waals surface area contributed by atoms with Gasteiger partial charge in [-0.1, -0.05) is 42.5 Å². The second-order valence-electron chi connectivity index (χ2n) is 5.84. The highest BCUT2D eigenvalue weighted by atomic mass is 16.5. The molecule has 3 rings (SSSR count). The van der Waals surface area contributed by atoms with Crippen LogP contribution in [-0.4, -0.2) is 18.8 Å². The molecule has 6 heteroatoms. The van der Waals surface area contributed by atoms with E-state index in [1.165, 1.54) is 10.8 Å². The molecule has 0 radical (unpaired) electrons. The van der Waals surface area contributed by atoms with Crippen molar-refractivity contribution in [3.63, 3.8) is 0 Å². The number of guanidine groups is 1. The molecule has 27 heavy (non-hydrogen) atoms. The van der Waals surface area contributed by atoms with Crippen LogP contribution in [0.3, 0.4) is 0 Å². The Kier molecular flexibility index (Phi) is 5.89. The van der Waals surface area contributed by atoms with E-state index in [-0.39, 0.29) is 5.96 Å². The molecule has 0 aliphatic carbocycles. The average Bonchev–Trinajstić information content (AvgIpc) is 2.67. The van der Waals surface area contributed by atoms with Crippen LogP contribution >= 0.6 is 0 Å². The zero-order valence-electron chi connectivity index (χ0n) is 15.1. The monoisotopic (exact) mass is 362 g/mol. The van der Waals surface area contributed by atoms with Crippen molar-refractivity contribution in [2.45, 2.75) is 13.5 Å². The normalized spacial score (nSPS) is 10.9. The zero-order valence-corrected chi connectivity index (χ0v) is 15.1. The smallest absolute Gasteiger partial charge is 0.211 e. The van der Waals surface area contributed by atoms with Crippen LogP contribution in [0.5, 0.6) is 11.5 Å². The maximum Gasteiger partial charge on any atom is 0.211 e. The van der Waals surface area contributed by atoms with Gasteiger partial charge in [0.05, 0.1) is 12.8 Å². The van der Waals surface area contributed by atoms with Crippen molar-refractivity contribution in [2.24, 2.45) is 21.7 Å². The maximum absolute atomic E-state index is 6.04. The van der Waals surface area contributed by atoms with Crippen molar-refractivity contribution < 1.29 is 9.47 Å². The fourth-order valence-corrected chi connectivity index (χ4v) is 2.73. The fraction of sp³-hybridized carbons (Fsp3) is 0.143. The van der Waals surface area contributed by atoms with Crippen LogP contribution in [0.15, 0.2) is 70.9 Å². The number of benzene rings is 3. The highest BCUT2D eigenvalue weighted by Gasteiger charge is 2.08. The number of hydrogen-bond acceptors (Lipinski definition) is 4. The Morgan fingerprint density at radius 2 is 1.78 bits per heavy atom. The minimum absolute atomic E-state index is 0.0914. The molecule has 0 bridgehead atoms. The molecule has 4 N–H and O–H groups in total. The molecule has 0 saturated carbocycles. The van der Waals surface area contributed by atoms with Crippen LogP contribution in [0.25, 0.3) is 10.8 Å². The summed E-state index contributed by atoms with van der Waals surface area (Å²) in [7, 11) is 0. The molecule has 0 atom stereocenters. The van der Waals surface area contributed by atoms with Gasteiger partial charge < -0.3 is 20.9 Å². The van der Waals surface area contributed by atoms with Gasteiger partial charge in [0, 0.05) is 0 Å². The van der Waals surface area contributed by atoms with E-state index < -0.39 is 0 Å². The summed E-state index contributed by atoms with van der Waals surface area (Å²) in [6.45, 7) is 2.90. The number of rotatable bonds is 7. The predicted octanol–water partition coefficient (Wildman–Crippen LogP) is 3.42. The lowest BCUT2D eigenvalue weighted by Gasteiger charge is -2.13. The third kappa shape index (κ3) is 4.76. The van der Waals surface area contributed by atoms with E-state index in [1.807, 2.05) is 43.3 Å². The SMILES string of the molecule is CCOc1cc(/C=N/N=C(N)N)ccc1OCc1cccc2ccccc12. The van der Waals surface area contributed by atoms with E-state index in [0.29, 0.717) is 24.7 Å². The Labute approximate surface area is 158 Å². The molecule has 0 fully saturated rings. The molecule has 0 aromatic heterocycles. The molecule has 0 aliphatic heterocycles. The Morgan fingerprint density at radius 1 is 0.963 bits per heavy atom. The Morgan fingerprint density at radius 3 is 2.59 bits per heavy atom. The van der Waals surface area contributed by atoms with Gasteiger partial charge in [0.15, 0.2) is 11.5 Å². The first kappa shape index (κ1) is 18.3. The predicted molar refractivity (Wildman–Crippen MR) is 109 cm³/mol. The summed E-state index contributed by atoms with van der Waals surface area (Å²) in [6, 6.07) is 20.0. The van der Waals surface area contributed by atoms with Gasteiger partial charge in [-0.15, -0.1) is 5.10 Å². The molecule has 3 aromatic carbocycles. The topological polar surface area (TPSA) is 95.2 Å². The lowest BCUT2D eigenvalue weighted by atomic mass is 10.1. The number of nitrogens with two attached hydrogens (primary N) is 2. The highest BCUT2D eigenvalue weighted by molar-refractivity contribution is 5.85. The zero-order chi connectivity index (χ0) is 19.1. The van der Waals surface area contributed by atoms with Crippen LogP contribution < -0.4 is 20.9 Å². The molecule has 0 amide bonds. The van der Waals surface area contributed by atoms with Crippen molar-refractivity contribution >= 4 is 22.9 Å². The second-order valence-corrected chi connectivity index (χ2v) is 5.84. The van der Waals surface area contributed by atoms with Gasteiger partial charge in [0.2, 0.25) is 5.96 Å². The van der Waals surface area contributed by atoms with Crippen molar-refractivity contribution in [2.75, 3.05) is 6.61 Å². The summed E-state index contributed by atoms with van der Waals surface area (Å²) < 4.78 is 11.8. The van der Waals surface area contributed by atoms with E-state index in [2.05, 4.69) is 34.5 Å². The Balaban J connectivity index is 1.81. The summed E-state index contributed by atoms with van der Waals surface area (Å²) in [5.41, 5.74) is 12.4. The summed E-state index contributed by atoms with van der Waals surface area (Å²) in [6.07, 6.45) is 1.55. The number of fused-ring (bicyclic) bond motifs is 1. The van der Waals surface area contributed by atoms with Gasteiger partial charge in [0.25, 0.3) is 0 Å². The minimum atomic E-state index is -0.0914. The quantitative estimate of drug-likeness (QED) is 0.382. The summed E-state index contributed by atoms with van der Waals surface area (Å²) >= 11 is 0. The highest BCUT2D eigenvalue weighted by Crippen LogP contribution is 2.29. The van der Waals surface area contributed by atoms with Crippen molar-refractivity contribution in [3.8, 4) is 11.5 Å². The van der Waals surface area contributed by atoms with E-state index >= 15 is 0 Å². The molecule has 138 valence electrons. The van der Waals surface area contributed by atoms with Gasteiger partial charge >= 0.3 is 0 Å². The van der Waals surface area contributed by atoms with Crippen LogP contribution in [0.4, 0.5) is 0 Å². The van der Waals surface area contributed by atoms with Gasteiger partial charge in [-0.3, -0.25) is 0 Å². The summed E-state index contributed by atoms with van der Waals surface area (Å²) in [5.74, 6) is 1.22. The first-order valence-corrected chi connectivity index (χ1v) is 8.65. The summed E-state index contributed by atoms with van der Waals surface area (Å²) in [5, 5.41) is 9.78. The van der Waals surface area contributed by atoms with Crippen LogP contribution in [-0.2, 0) is 6.61 Å². The van der Waals surface area contributed by atoms with Gasteiger partial charge in [-0.05, 0) is 47.0 Å². The fourth-order valence-electron chi connectivity index (χ4n) is 2.73. The molecule has 0 unspecified atom stereocenters. The van der Waals surface area contributed by atoms with Crippen molar-refractivity contribution in [1.29, 1.82) is 0 Å². The number of nitrogens with zero attached hydrogens (tertiary/aromatic N) is 2. The minimum Gasteiger partial charge on any atom is -0.490 e. The standard InChI is InChI=1S/C21H22N4O2/c1-2-26-20-12-15(13-24-25-21(22)23)10-11-19(20)27-14-17-8-5-7-16-6-3-4-9-18(16)17/h3-13H,2,14H2,1H3,(H4,22,23,25)/b24-13+. The largest absolute Gasteiger partial charge is 0.490 e. The van der Waals surface area contributed by atoms with Crippen LogP contribution in [0.1, 0.15) is 18.1 Å². The van der Waals surface area contributed by atoms with Gasteiger partial charge in [-0.2, -0.15) is 5.10 Å². The average molecular weight is 362 g/mol. The molecule has 0 aliphatic rings. The first-order valence-electron chi connectivity index (χ1n) is 8.65. The van der Waals surface area contributed by atoms with Crippen molar-refractivity contribution in [3.05, 3.63) is 71.8 Å². The summed E-state index contributed by atoms with van der Waals surface area (Å²) in [4.78, 5) is 0. The van der Waals surface area contributed by atoms with Gasteiger partial charge in [-0.25, -0.2) is 0 Å². The molecular formula is C21H22N4O2. The van der Waals surface area contributed by atoms with E-state index in [1.54, 1.807) is 6.21 Å². The lowest BCUT2D eigenvalue weighted by molar-refractivity contribution is 0.270. The number of hydrogen-bond donors (Lipinski definition) is 2. The molecule has 0 spiro atoms. The molecule has 3 aromatic rings. The van der Waals surface area contributed by atoms with Crippen molar-refractivity contribution in [1.82, 2.24) is 0 Å². The molecule has 6 nitrogen and oxygen atoms in total. The van der Waals surface area contributed by atoms with Gasteiger partial charge in [0.1, 0.15) is 6.61 Å². The third-order valence-corrected chi connectivity index (χ3v) is 3.91.